The van der Waals surface area contributed by atoms with Crippen molar-refractivity contribution in [3.8, 4) is 0 Å². The third-order valence-electron chi connectivity index (χ3n) is 2.86. The van der Waals surface area contributed by atoms with Gasteiger partial charge in [0.1, 0.15) is 10.7 Å². The molecule has 1 aromatic carbocycles. The standard InChI is InChI=1S/C13H14FNO3S2/c1-9-4-5-19-12(9)7-15-20(17,18)13-6-10(8-16)2-3-11(13)14/h2-6,15-16H,7-8H2,1H3. The first-order valence-corrected chi connectivity index (χ1v) is 8.22. The second-order valence-corrected chi connectivity index (χ2v) is 7.01. The van der Waals surface area contributed by atoms with Crippen LogP contribution in [0, 0.1) is 12.7 Å². The predicted octanol–water partition coefficient (Wildman–Crippen LogP) is 2.17. The van der Waals surface area contributed by atoms with Crippen LogP contribution in [0.2, 0.25) is 0 Å². The average molecular weight is 315 g/mol. The first kappa shape index (κ1) is 15.1. The van der Waals surface area contributed by atoms with Crippen LogP contribution >= 0.6 is 11.3 Å². The van der Waals surface area contributed by atoms with Crippen LogP contribution in [0.4, 0.5) is 4.39 Å². The molecule has 0 radical (unpaired) electrons. The molecule has 0 spiro atoms. The first-order chi connectivity index (χ1) is 9.44. The number of nitrogens with one attached hydrogen (secondary N) is 1. The van der Waals surface area contributed by atoms with E-state index in [1.54, 1.807) is 0 Å². The first-order valence-electron chi connectivity index (χ1n) is 5.86. The summed E-state index contributed by atoms with van der Waals surface area (Å²) in [6.45, 7) is 1.66. The van der Waals surface area contributed by atoms with Crippen molar-refractivity contribution in [3.05, 3.63) is 51.5 Å². The van der Waals surface area contributed by atoms with E-state index >= 15 is 0 Å². The third-order valence-corrected chi connectivity index (χ3v) is 5.30. The van der Waals surface area contributed by atoms with Crippen LogP contribution < -0.4 is 4.72 Å². The molecule has 0 aliphatic rings. The number of aryl methyl sites for hydroxylation is 1. The Morgan fingerprint density at radius 2 is 2.10 bits per heavy atom. The molecule has 20 heavy (non-hydrogen) atoms. The Kier molecular flexibility index (Phi) is 4.54. The van der Waals surface area contributed by atoms with Gasteiger partial charge in [0.05, 0.1) is 6.61 Å². The quantitative estimate of drug-likeness (QED) is 0.888. The molecule has 1 heterocycles. The molecule has 0 saturated heterocycles. The van der Waals surface area contributed by atoms with E-state index in [4.69, 9.17) is 5.11 Å². The van der Waals surface area contributed by atoms with E-state index in [9.17, 15) is 12.8 Å². The molecule has 4 nitrogen and oxygen atoms in total. The molecule has 7 heteroatoms. The highest BCUT2D eigenvalue weighted by Gasteiger charge is 2.19. The Bertz CT molecular complexity index is 710. The lowest BCUT2D eigenvalue weighted by atomic mass is 10.2. The molecule has 0 unspecified atom stereocenters. The summed E-state index contributed by atoms with van der Waals surface area (Å²) in [6, 6.07) is 5.41. The van der Waals surface area contributed by atoms with Crippen molar-refractivity contribution in [3.63, 3.8) is 0 Å². The highest BCUT2D eigenvalue weighted by molar-refractivity contribution is 7.89. The van der Waals surface area contributed by atoms with Crippen LogP contribution in [0.25, 0.3) is 0 Å². The lowest BCUT2D eigenvalue weighted by molar-refractivity contribution is 0.281. The van der Waals surface area contributed by atoms with Gasteiger partial charge < -0.3 is 5.11 Å². The fourth-order valence-electron chi connectivity index (χ4n) is 1.68. The second-order valence-electron chi connectivity index (χ2n) is 4.27. The minimum Gasteiger partial charge on any atom is -0.392 e. The van der Waals surface area contributed by atoms with Crippen LogP contribution in [0.3, 0.4) is 0 Å². The zero-order valence-corrected chi connectivity index (χ0v) is 12.4. The number of hydrogen-bond acceptors (Lipinski definition) is 4. The largest absolute Gasteiger partial charge is 0.392 e. The molecule has 108 valence electrons. The Balaban J connectivity index is 2.24. The van der Waals surface area contributed by atoms with Gasteiger partial charge in [-0.2, -0.15) is 0 Å². The molecule has 0 aliphatic heterocycles. The highest BCUT2D eigenvalue weighted by Crippen LogP contribution is 2.19. The van der Waals surface area contributed by atoms with Gasteiger partial charge in [-0.05, 0) is 41.6 Å². The van der Waals surface area contributed by atoms with Gasteiger partial charge in [-0.15, -0.1) is 11.3 Å². The molecule has 0 bridgehead atoms. The van der Waals surface area contributed by atoms with Crippen molar-refractivity contribution < 1.29 is 17.9 Å². The van der Waals surface area contributed by atoms with Crippen LogP contribution in [-0.2, 0) is 23.2 Å². The van der Waals surface area contributed by atoms with Gasteiger partial charge in [0.25, 0.3) is 0 Å². The Labute approximate surface area is 120 Å². The normalized spacial score (nSPS) is 11.8. The zero-order valence-electron chi connectivity index (χ0n) is 10.8. The van der Waals surface area contributed by atoms with Crippen LogP contribution in [0.1, 0.15) is 16.0 Å². The fraction of sp³-hybridized carbons (Fsp3) is 0.231. The van der Waals surface area contributed by atoms with Crippen molar-refractivity contribution in [1.29, 1.82) is 0 Å². The summed E-state index contributed by atoms with van der Waals surface area (Å²) in [6.07, 6.45) is 0. The number of rotatable bonds is 5. The van der Waals surface area contributed by atoms with Gasteiger partial charge in [-0.3, -0.25) is 0 Å². The summed E-state index contributed by atoms with van der Waals surface area (Å²) in [5.74, 6) is -0.836. The maximum Gasteiger partial charge on any atom is 0.243 e. The summed E-state index contributed by atoms with van der Waals surface area (Å²) < 4.78 is 40.2. The highest BCUT2D eigenvalue weighted by atomic mass is 32.2. The SMILES string of the molecule is Cc1ccsc1CNS(=O)(=O)c1cc(CO)ccc1F. The van der Waals surface area contributed by atoms with Crippen LogP contribution in [0.15, 0.2) is 34.5 Å². The summed E-state index contributed by atoms with van der Waals surface area (Å²) in [5.41, 5.74) is 1.33. The van der Waals surface area contributed by atoms with Gasteiger partial charge in [0.15, 0.2) is 0 Å². The number of aliphatic hydroxyl groups is 1. The van der Waals surface area contributed by atoms with E-state index in [0.29, 0.717) is 5.56 Å². The van der Waals surface area contributed by atoms with E-state index in [1.165, 1.54) is 17.4 Å². The minimum atomic E-state index is -3.95. The molecule has 0 saturated carbocycles. The third kappa shape index (κ3) is 3.24. The number of hydrogen-bond donors (Lipinski definition) is 2. The molecule has 2 aromatic rings. The monoisotopic (exact) mass is 315 g/mol. The summed E-state index contributed by atoms with van der Waals surface area (Å²) in [4.78, 5) is 0.436. The molecule has 0 fully saturated rings. The van der Waals surface area contributed by atoms with Gasteiger partial charge in [0.2, 0.25) is 10.0 Å². The topological polar surface area (TPSA) is 66.4 Å². The summed E-state index contributed by atoms with van der Waals surface area (Å²) in [7, 11) is -3.95. The Hall–Kier alpha value is -1.28. The van der Waals surface area contributed by atoms with Crippen molar-refractivity contribution in [1.82, 2.24) is 4.72 Å². The number of halogens is 1. The lowest BCUT2D eigenvalue weighted by Crippen LogP contribution is -2.24. The Morgan fingerprint density at radius 3 is 2.70 bits per heavy atom. The molecule has 0 atom stereocenters. The second kappa shape index (κ2) is 6.01. The lowest BCUT2D eigenvalue weighted by Gasteiger charge is -2.08. The number of sulfonamides is 1. The number of benzene rings is 1. The van der Waals surface area contributed by atoms with E-state index in [0.717, 1.165) is 22.6 Å². The van der Waals surface area contributed by atoms with E-state index < -0.39 is 20.7 Å². The van der Waals surface area contributed by atoms with Crippen molar-refractivity contribution in [2.45, 2.75) is 25.0 Å². The molecular weight excluding hydrogens is 301 g/mol. The molecule has 1 aromatic heterocycles. The molecular formula is C13H14FNO3S2. The molecule has 0 aliphatic carbocycles. The van der Waals surface area contributed by atoms with E-state index in [1.807, 2.05) is 18.4 Å². The zero-order chi connectivity index (χ0) is 14.8. The van der Waals surface area contributed by atoms with Gasteiger partial charge in [-0.25, -0.2) is 17.5 Å². The minimum absolute atomic E-state index is 0.120. The number of thiophene rings is 1. The average Bonchev–Trinajstić information content (AvgIpc) is 2.82. The van der Waals surface area contributed by atoms with Crippen molar-refractivity contribution >= 4 is 21.4 Å². The predicted molar refractivity (Wildman–Crippen MR) is 75.4 cm³/mol. The van der Waals surface area contributed by atoms with Crippen LogP contribution in [0.5, 0.6) is 0 Å². The van der Waals surface area contributed by atoms with E-state index in [-0.39, 0.29) is 13.2 Å². The molecule has 2 N–H and O–H groups in total. The van der Waals surface area contributed by atoms with Gasteiger partial charge in [-0.1, -0.05) is 6.07 Å². The Morgan fingerprint density at radius 1 is 1.35 bits per heavy atom. The van der Waals surface area contributed by atoms with Crippen molar-refractivity contribution in [2.75, 3.05) is 0 Å². The van der Waals surface area contributed by atoms with Crippen LogP contribution in [-0.4, -0.2) is 13.5 Å². The van der Waals surface area contributed by atoms with Crippen molar-refractivity contribution in [2.24, 2.45) is 0 Å². The maximum absolute atomic E-state index is 13.6. The molecule has 2 rings (SSSR count). The number of aliphatic hydroxyl groups excluding tert-OH is 1. The van der Waals surface area contributed by atoms with E-state index in [2.05, 4.69) is 4.72 Å². The van der Waals surface area contributed by atoms with Gasteiger partial charge in [0, 0.05) is 11.4 Å². The molecule has 0 amide bonds. The smallest absolute Gasteiger partial charge is 0.243 e. The summed E-state index contributed by atoms with van der Waals surface area (Å²) in [5, 5.41) is 10.9. The van der Waals surface area contributed by atoms with Gasteiger partial charge >= 0.3 is 0 Å². The summed E-state index contributed by atoms with van der Waals surface area (Å²) >= 11 is 1.44. The maximum atomic E-state index is 13.6. The fourth-order valence-corrected chi connectivity index (χ4v) is 3.73.